The van der Waals surface area contributed by atoms with E-state index in [-0.39, 0.29) is 5.57 Å². The number of nitrogens with one attached hydrogen (secondary N) is 1. The van der Waals surface area contributed by atoms with E-state index in [1.807, 2.05) is 61.5 Å². The van der Waals surface area contributed by atoms with Crippen molar-refractivity contribution in [2.75, 3.05) is 12.0 Å². The summed E-state index contributed by atoms with van der Waals surface area (Å²) >= 11 is 0. The van der Waals surface area contributed by atoms with E-state index in [0.29, 0.717) is 41.7 Å². The maximum atomic E-state index is 13.3. The molecule has 1 heterocycles. The number of aryl methyl sites for hydroxylation is 1. The molecular formula is C33H28N2O6. The second-order valence-corrected chi connectivity index (χ2v) is 9.41. The topological polar surface area (TPSA) is 94.2 Å². The molecule has 0 unspecified atom stereocenters. The van der Waals surface area contributed by atoms with Gasteiger partial charge < -0.3 is 14.2 Å². The summed E-state index contributed by atoms with van der Waals surface area (Å²) in [6.45, 7) is 2.75. The zero-order valence-corrected chi connectivity index (χ0v) is 22.6. The molecule has 206 valence electrons. The summed E-state index contributed by atoms with van der Waals surface area (Å²) in [7, 11) is 1.51. The van der Waals surface area contributed by atoms with Gasteiger partial charge in [-0.3, -0.25) is 14.9 Å². The fraction of sp³-hybridized carbons (Fsp3) is 0.121. The van der Waals surface area contributed by atoms with Crippen molar-refractivity contribution in [3.05, 3.63) is 125 Å². The molecule has 0 saturated carbocycles. The van der Waals surface area contributed by atoms with Gasteiger partial charge in [0.15, 0.2) is 11.5 Å². The van der Waals surface area contributed by atoms with Gasteiger partial charge in [0.25, 0.3) is 11.8 Å². The smallest absolute Gasteiger partial charge is 0.335 e. The van der Waals surface area contributed by atoms with Crippen molar-refractivity contribution >= 4 is 29.6 Å². The fourth-order valence-electron chi connectivity index (χ4n) is 4.35. The van der Waals surface area contributed by atoms with E-state index >= 15 is 0 Å². The van der Waals surface area contributed by atoms with Crippen molar-refractivity contribution in [3.8, 4) is 17.2 Å². The molecule has 0 radical (unpaired) electrons. The highest BCUT2D eigenvalue weighted by Crippen LogP contribution is 2.31. The van der Waals surface area contributed by atoms with Crippen LogP contribution in [0.15, 0.2) is 103 Å². The summed E-state index contributed by atoms with van der Waals surface area (Å²) in [4.78, 5) is 39.6. The van der Waals surface area contributed by atoms with E-state index in [4.69, 9.17) is 14.2 Å². The Balaban J connectivity index is 1.32. The lowest BCUT2D eigenvalue weighted by Gasteiger charge is -2.26. The number of methoxy groups -OCH3 is 1. The van der Waals surface area contributed by atoms with Crippen LogP contribution in [0.3, 0.4) is 0 Å². The van der Waals surface area contributed by atoms with Crippen molar-refractivity contribution < 1.29 is 28.6 Å². The number of barbiturate groups is 1. The van der Waals surface area contributed by atoms with E-state index in [1.165, 1.54) is 13.2 Å². The summed E-state index contributed by atoms with van der Waals surface area (Å²) < 4.78 is 17.2. The number of nitrogens with zero attached hydrogens (tertiary/aromatic N) is 1. The van der Waals surface area contributed by atoms with E-state index < -0.39 is 17.8 Å². The highest BCUT2D eigenvalue weighted by molar-refractivity contribution is 6.39. The third-order valence-corrected chi connectivity index (χ3v) is 6.42. The highest BCUT2D eigenvalue weighted by atomic mass is 16.5. The van der Waals surface area contributed by atoms with Crippen molar-refractivity contribution in [3.63, 3.8) is 0 Å². The Labute approximate surface area is 237 Å². The van der Waals surface area contributed by atoms with E-state index in [9.17, 15) is 14.4 Å². The quantitative estimate of drug-likeness (QED) is 0.209. The number of benzene rings is 4. The van der Waals surface area contributed by atoms with E-state index in [1.54, 1.807) is 42.5 Å². The zero-order chi connectivity index (χ0) is 28.8. The number of carbonyl (C=O) groups is 3. The predicted octanol–water partition coefficient (Wildman–Crippen LogP) is 5.83. The first kappa shape index (κ1) is 27.2. The molecule has 8 nitrogen and oxygen atoms in total. The van der Waals surface area contributed by atoms with Crippen LogP contribution in [0.5, 0.6) is 17.2 Å². The molecule has 0 aliphatic carbocycles. The van der Waals surface area contributed by atoms with Gasteiger partial charge in [-0.15, -0.1) is 0 Å². The first-order valence-corrected chi connectivity index (χ1v) is 13.0. The summed E-state index contributed by atoms with van der Waals surface area (Å²) in [6, 6.07) is 28.5. The minimum absolute atomic E-state index is 0.190. The van der Waals surface area contributed by atoms with Gasteiger partial charge in [-0.25, -0.2) is 9.69 Å². The molecule has 4 amide bonds. The number of rotatable bonds is 9. The van der Waals surface area contributed by atoms with Crippen LogP contribution in [0.2, 0.25) is 0 Å². The maximum absolute atomic E-state index is 13.3. The van der Waals surface area contributed by atoms with Crippen LogP contribution in [0.25, 0.3) is 6.08 Å². The molecule has 5 rings (SSSR count). The molecule has 4 aromatic carbocycles. The lowest BCUT2D eigenvalue weighted by molar-refractivity contribution is -0.122. The first-order chi connectivity index (χ1) is 19.9. The van der Waals surface area contributed by atoms with Gasteiger partial charge in [-0.1, -0.05) is 66.2 Å². The Morgan fingerprint density at radius 2 is 1.49 bits per heavy atom. The molecule has 41 heavy (non-hydrogen) atoms. The molecule has 1 N–H and O–H groups in total. The van der Waals surface area contributed by atoms with E-state index in [0.717, 1.165) is 21.6 Å². The molecule has 1 aliphatic heterocycles. The molecule has 0 atom stereocenters. The van der Waals surface area contributed by atoms with Crippen LogP contribution in [0.4, 0.5) is 10.5 Å². The number of ether oxygens (including phenoxy) is 3. The third kappa shape index (κ3) is 6.45. The van der Waals surface area contributed by atoms with Crippen molar-refractivity contribution in [2.45, 2.75) is 20.1 Å². The molecule has 1 saturated heterocycles. The van der Waals surface area contributed by atoms with Crippen molar-refractivity contribution in [1.82, 2.24) is 5.32 Å². The number of hydrogen-bond donors (Lipinski definition) is 1. The largest absolute Gasteiger partial charge is 0.493 e. The average Bonchev–Trinajstić information content (AvgIpc) is 2.98. The summed E-state index contributed by atoms with van der Waals surface area (Å²) in [5.74, 6) is 0.0102. The van der Waals surface area contributed by atoms with Crippen LogP contribution in [0, 0.1) is 6.92 Å². The van der Waals surface area contributed by atoms with Gasteiger partial charge in [0.1, 0.15) is 24.5 Å². The number of urea groups is 1. The SMILES string of the molecule is COc1cc(/C=C2\C(=O)NC(=O)N(c3ccc(OCc4ccccc4)cc3)C2=O)ccc1OCc1cccc(C)c1. The lowest BCUT2D eigenvalue weighted by atomic mass is 10.1. The second kappa shape index (κ2) is 12.2. The Morgan fingerprint density at radius 1 is 0.756 bits per heavy atom. The van der Waals surface area contributed by atoms with Crippen molar-refractivity contribution in [2.24, 2.45) is 0 Å². The number of anilines is 1. The molecule has 1 aliphatic rings. The Morgan fingerprint density at radius 3 is 2.22 bits per heavy atom. The highest BCUT2D eigenvalue weighted by Gasteiger charge is 2.36. The summed E-state index contributed by atoms with van der Waals surface area (Å²) in [6.07, 6.45) is 1.42. The molecule has 0 bridgehead atoms. The summed E-state index contributed by atoms with van der Waals surface area (Å²) in [5, 5.41) is 2.24. The maximum Gasteiger partial charge on any atom is 0.335 e. The van der Waals surface area contributed by atoms with Crippen LogP contribution in [0.1, 0.15) is 22.3 Å². The minimum Gasteiger partial charge on any atom is -0.493 e. The van der Waals surface area contributed by atoms with Gasteiger partial charge >= 0.3 is 6.03 Å². The predicted molar refractivity (Wildman–Crippen MR) is 155 cm³/mol. The number of carbonyl (C=O) groups excluding carboxylic acids is 3. The molecule has 0 aromatic heterocycles. The molecule has 1 fully saturated rings. The number of imide groups is 2. The molecule has 0 spiro atoms. The van der Waals surface area contributed by atoms with Gasteiger partial charge in [-0.05, 0) is 66.1 Å². The Kier molecular flexibility index (Phi) is 8.10. The minimum atomic E-state index is -0.826. The first-order valence-electron chi connectivity index (χ1n) is 13.0. The number of amides is 4. The van der Waals surface area contributed by atoms with Gasteiger partial charge in [-0.2, -0.15) is 0 Å². The van der Waals surface area contributed by atoms with Crippen LogP contribution in [-0.4, -0.2) is 25.0 Å². The second-order valence-electron chi connectivity index (χ2n) is 9.41. The van der Waals surface area contributed by atoms with Crippen molar-refractivity contribution in [1.29, 1.82) is 0 Å². The Bertz CT molecular complexity index is 1610. The number of hydrogen-bond acceptors (Lipinski definition) is 6. The molecular weight excluding hydrogens is 520 g/mol. The van der Waals surface area contributed by atoms with Gasteiger partial charge in [0.2, 0.25) is 0 Å². The normalized spacial score (nSPS) is 14.1. The standard InChI is InChI=1S/C33H28N2O6/c1-22-7-6-10-25(17-22)21-41-29-16-11-24(19-30(29)39-2)18-28-31(36)34-33(38)35(32(28)37)26-12-14-27(15-13-26)40-20-23-8-4-3-5-9-23/h3-19H,20-21H2,1-2H3,(H,34,36,38)/b28-18+. The third-order valence-electron chi connectivity index (χ3n) is 6.42. The fourth-order valence-corrected chi connectivity index (χ4v) is 4.35. The molecule has 8 heteroatoms. The lowest BCUT2D eigenvalue weighted by Crippen LogP contribution is -2.54. The van der Waals surface area contributed by atoms with E-state index in [2.05, 4.69) is 5.32 Å². The van der Waals surface area contributed by atoms with Crippen LogP contribution in [-0.2, 0) is 22.8 Å². The van der Waals surface area contributed by atoms with Gasteiger partial charge in [0.05, 0.1) is 12.8 Å². The molecule has 4 aromatic rings. The summed E-state index contributed by atoms with van der Waals surface area (Å²) in [5.41, 5.74) is 3.80. The Hall–Kier alpha value is -5.37. The van der Waals surface area contributed by atoms with Gasteiger partial charge in [0, 0.05) is 0 Å². The average molecular weight is 549 g/mol. The van der Waals surface area contributed by atoms with Crippen LogP contribution < -0.4 is 24.4 Å². The van der Waals surface area contributed by atoms with Crippen LogP contribution >= 0.6 is 0 Å². The zero-order valence-electron chi connectivity index (χ0n) is 22.6. The monoisotopic (exact) mass is 548 g/mol.